The van der Waals surface area contributed by atoms with Crippen molar-refractivity contribution in [1.29, 1.82) is 5.26 Å². The third kappa shape index (κ3) is 2.70. The van der Waals surface area contributed by atoms with Crippen LogP contribution in [0.5, 0.6) is 5.88 Å². The summed E-state index contributed by atoms with van der Waals surface area (Å²) in [4.78, 5) is 0. The fourth-order valence-corrected chi connectivity index (χ4v) is 1.33. The Kier molecular flexibility index (Phi) is 4.13. The largest absolute Gasteiger partial charge is 0.476 e. The first kappa shape index (κ1) is 11.5. The van der Waals surface area contributed by atoms with Crippen LogP contribution in [0.1, 0.15) is 18.2 Å². The van der Waals surface area contributed by atoms with Gasteiger partial charge in [0.15, 0.2) is 0 Å². The first-order valence-electron chi connectivity index (χ1n) is 4.98. The van der Waals surface area contributed by atoms with E-state index in [0.29, 0.717) is 23.7 Å². The van der Waals surface area contributed by atoms with Gasteiger partial charge in [0.1, 0.15) is 18.2 Å². The summed E-state index contributed by atoms with van der Waals surface area (Å²) >= 11 is 0. The molecule has 82 valence electrons. The van der Waals surface area contributed by atoms with E-state index in [0.717, 1.165) is 13.1 Å². The summed E-state index contributed by atoms with van der Waals surface area (Å²) in [6.45, 7) is 6.07. The molecule has 0 amide bonds. The van der Waals surface area contributed by atoms with Gasteiger partial charge in [0.05, 0.1) is 5.69 Å². The van der Waals surface area contributed by atoms with Crippen LogP contribution in [0.25, 0.3) is 0 Å². The monoisotopic (exact) mass is 208 g/mol. The lowest BCUT2D eigenvalue weighted by Gasteiger charge is -2.06. The van der Waals surface area contributed by atoms with E-state index in [2.05, 4.69) is 16.5 Å². The maximum absolute atomic E-state index is 8.92. The Hall–Kier alpha value is -1.54. The highest BCUT2D eigenvalue weighted by Crippen LogP contribution is 2.19. The molecule has 0 aliphatic rings. The molecule has 0 fully saturated rings. The van der Waals surface area contributed by atoms with Gasteiger partial charge in [0.25, 0.3) is 0 Å². The number of hydrogen-bond donors (Lipinski definition) is 1. The van der Waals surface area contributed by atoms with E-state index in [1.54, 1.807) is 18.7 Å². The molecule has 15 heavy (non-hydrogen) atoms. The Bertz CT molecular complexity index is 364. The van der Waals surface area contributed by atoms with Crippen molar-refractivity contribution in [3.63, 3.8) is 0 Å². The topological polar surface area (TPSA) is 62.9 Å². The van der Waals surface area contributed by atoms with Crippen LogP contribution in [0, 0.1) is 18.3 Å². The van der Waals surface area contributed by atoms with E-state index >= 15 is 0 Å². The summed E-state index contributed by atoms with van der Waals surface area (Å²) in [6, 6.07) is 2.10. The Labute approximate surface area is 89.6 Å². The van der Waals surface area contributed by atoms with Gasteiger partial charge in [-0.2, -0.15) is 10.4 Å². The molecule has 0 spiro atoms. The van der Waals surface area contributed by atoms with E-state index in [4.69, 9.17) is 10.00 Å². The van der Waals surface area contributed by atoms with Gasteiger partial charge in [-0.15, -0.1) is 0 Å². The first-order chi connectivity index (χ1) is 7.20. The molecule has 0 aromatic carbocycles. The quantitative estimate of drug-likeness (QED) is 0.719. The number of likely N-dealkylation sites (N-methyl/N-ethyl adjacent to an activating group) is 1. The van der Waals surface area contributed by atoms with Gasteiger partial charge >= 0.3 is 0 Å². The molecule has 0 atom stereocenters. The second-order valence-corrected chi connectivity index (χ2v) is 3.20. The van der Waals surface area contributed by atoms with Crippen LogP contribution in [0.2, 0.25) is 0 Å². The summed E-state index contributed by atoms with van der Waals surface area (Å²) in [5.74, 6) is 0.549. The van der Waals surface area contributed by atoms with Crippen molar-refractivity contribution in [3.05, 3.63) is 11.3 Å². The van der Waals surface area contributed by atoms with Gasteiger partial charge in [-0.25, -0.2) is 4.68 Å². The van der Waals surface area contributed by atoms with Crippen LogP contribution in [-0.2, 0) is 7.05 Å². The zero-order chi connectivity index (χ0) is 11.3. The highest BCUT2D eigenvalue weighted by atomic mass is 16.5. The zero-order valence-corrected chi connectivity index (χ0v) is 9.37. The van der Waals surface area contributed by atoms with Crippen LogP contribution < -0.4 is 10.1 Å². The molecule has 0 unspecified atom stereocenters. The molecule has 1 rings (SSSR count). The van der Waals surface area contributed by atoms with Crippen LogP contribution >= 0.6 is 0 Å². The Balaban J connectivity index is 2.64. The normalized spacial score (nSPS) is 10.0. The van der Waals surface area contributed by atoms with Gasteiger partial charge < -0.3 is 10.1 Å². The lowest BCUT2D eigenvalue weighted by Crippen LogP contribution is -2.21. The average molecular weight is 208 g/mol. The Morgan fingerprint density at radius 2 is 2.33 bits per heavy atom. The van der Waals surface area contributed by atoms with Crippen molar-refractivity contribution in [2.75, 3.05) is 19.7 Å². The van der Waals surface area contributed by atoms with Gasteiger partial charge in [-0.1, -0.05) is 6.92 Å². The van der Waals surface area contributed by atoms with Crippen molar-refractivity contribution in [2.24, 2.45) is 7.05 Å². The minimum absolute atomic E-state index is 0.522. The van der Waals surface area contributed by atoms with Gasteiger partial charge in [-0.3, -0.25) is 0 Å². The maximum Gasteiger partial charge on any atom is 0.230 e. The zero-order valence-electron chi connectivity index (χ0n) is 9.37. The van der Waals surface area contributed by atoms with E-state index < -0.39 is 0 Å². The molecule has 5 heteroatoms. The number of rotatable bonds is 5. The molecule has 0 saturated carbocycles. The molecular formula is C10H16N4O. The van der Waals surface area contributed by atoms with Crippen LogP contribution in [0.4, 0.5) is 0 Å². The van der Waals surface area contributed by atoms with Gasteiger partial charge in [0, 0.05) is 13.6 Å². The lowest BCUT2D eigenvalue weighted by molar-refractivity contribution is 0.288. The molecule has 0 radical (unpaired) electrons. The molecule has 1 N–H and O–H groups in total. The minimum Gasteiger partial charge on any atom is -0.476 e. The van der Waals surface area contributed by atoms with E-state index in [1.165, 1.54) is 0 Å². The van der Waals surface area contributed by atoms with E-state index in [1.807, 2.05) is 6.92 Å². The third-order valence-corrected chi connectivity index (χ3v) is 2.05. The first-order valence-corrected chi connectivity index (χ1v) is 4.98. The van der Waals surface area contributed by atoms with Gasteiger partial charge in [-0.05, 0) is 13.5 Å². The number of aryl methyl sites for hydroxylation is 2. The summed E-state index contributed by atoms with van der Waals surface area (Å²) in [7, 11) is 1.77. The third-order valence-electron chi connectivity index (χ3n) is 2.05. The number of aromatic nitrogens is 2. The Morgan fingerprint density at radius 1 is 1.60 bits per heavy atom. The molecule has 0 aliphatic heterocycles. The highest BCUT2D eigenvalue weighted by molar-refractivity contribution is 5.41. The SMILES string of the molecule is CCNCCOc1c(C#N)c(C)nn1C. The number of ether oxygens (including phenoxy) is 1. The van der Waals surface area contributed by atoms with Crippen LogP contribution in [0.3, 0.4) is 0 Å². The predicted molar refractivity (Wildman–Crippen MR) is 56.7 cm³/mol. The molecule has 0 saturated heterocycles. The summed E-state index contributed by atoms with van der Waals surface area (Å²) in [5, 5.41) is 16.2. The second-order valence-electron chi connectivity index (χ2n) is 3.20. The predicted octanol–water partition coefficient (Wildman–Crippen LogP) is 0.588. The van der Waals surface area contributed by atoms with E-state index in [-0.39, 0.29) is 0 Å². The summed E-state index contributed by atoms with van der Waals surface area (Å²) in [6.07, 6.45) is 0. The summed E-state index contributed by atoms with van der Waals surface area (Å²) in [5.41, 5.74) is 1.23. The number of nitrogens with one attached hydrogen (secondary N) is 1. The fraction of sp³-hybridized carbons (Fsp3) is 0.600. The van der Waals surface area contributed by atoms with Crippen LogP contribution in [-0.4, -0.2) is 29.5 Å². The molecule has 1 aromatic heterocycles. The molecule has 0 bridgehead atoms. The van der Waals surface area contributed by atoms with Crippen molar-refractivity contribution in [3.8, 4) is 11.9 Å². The highest BCUT2D eigenvalue weighted by Gasteiger charge is 2.13. The Morgan fingerprint density at radius 3 is 2.93 bits per heavy atom. The minimum atomic E-state index is 0.522. The number of nitrogens with zero attached hydrogens (tertiary/aromatic N) is 3. The standard InChI is InChI=1S/C10H16N4O/c1-4-12-5-6-15-10-9(7-11)8(2)13-14(10)3/h12H,4-6H2,1-3H3. The molecule has 0 aliphatic carbocycles. The second kappa shape index (κ2) is 5.37. The van der Waals surface area contributed by atoms with Crippen molar-refractivity contribution in [1.82, 2.24) is 15.1 Å². The molecular weight excluding hydrogens is 192 g/mol. The molecule has 1 aromatic rings. The van der Waals surface area contributed by atoms with Crippen LogP contribution in [0.15, 0.2) is 0 Å². The molecule has 1 heterocycles. The fourth-order valence-electron chi connectivity index (χ4n) is 1.33. The van der Waals surface area contributed by atoms with E-state index in [9.17, 15) is 0 Å². The van der Waals surface area contributed by atoms with Crippen molar-refractivity contribution in [2.45, 2.75) is 13.8 Å². The molecule has 5 nitrogen and oxygen atoms in total. The van der Waals surface area contributed by atoms with Crippen molar-refractivity contribution < 1.29 is 4.74 Å². The average Bonchev–Trinajstić information content (AvgIpc) is 2.48. The van der Waals surface area contributed by atoms with Crippen molar-refractivity contribution >= 4 is 0 Å². The van der Waals surface area contributed by atoms with Gasteiger partial charge in [0.2, 0.25) is 5.88 Å². The maximum atomic E-state index is 8.92. The lowest BCUT2D eigenvalue weighted by atomic mass is 10.3. The summed E-state index contributed by atoms with van der Waals surface area (Å²) < 4.78 is 7.09. The number of hydrogen-bond acceptors (Lipinski definition) is 4. The number of nitriles is 1. The smallest absolute Gasteiger partial charge is 0.230 e.